The molecular formula is C11H21N5O2. The third kappa shape index (κ3) is 5.24. The smallest absolute Gasteiger partial charge is 0.223 e. The van der Waals surface area contributed by atoms with Gasteiger partial charge in [0.1, 0.15) is 0 Å². The van der Waals surface area contributed by atoms with Crippen LogP contribution in [0, 0.1) is 0 Å². The second-order valence-corrected chi connectivity index (χ2v) is 4.18. The van der Waals surface area contributed by atoms with Crippen molar-refractivity contribution >= 4 is 5.91 Å². The van der Waals surface area contributed by atoms with Crippen LogP contribution in [0.2, 0.25) is 0 Å². The van der Waals surface area contributed by atoms with Crippen molar-refractivity contribution in [3.8, 4) is 0 Å². The van der Waals surface area contributed by atoms with E-state index in [4.69, 9.17) is 4.74 Å². The maximum absolute atomic E-state index is 11.4. The van der Waals surface area contributed by atoms with E-state index < -0.39 is 0 Å². The number of carbonyl (C=O) groups is 1. The fourth-order valence-corrected chi connectivity index (χ4v) is 1.35. The van der Waals surface area contributed by atoms with Gasteiger partial charge in [0.25, 0.3) is 0 Å². The van der Waals surface area contributed by atoms with E-state index in [9.17, 15) is 4.79 Å². The molecule has 0 aliphatic carbocycles. The summed E-state index contributed by atoms with van der Waals surface area (Å²) in [5, 5.41) is 11.2. The first-order valence-corrected chi connectivity index (χ1v) is 5.92. The van der Waals surface area contributed by atoms with Crippen LogP contribution in [0.3, 0.4) is 0 Å². The first-order valence-electron chi connectivity index (χ1n) is 5.92. The van der Waals surface area contributed by atoms with E-state index in [1.165, 1.54) is 0 Å². The average Bonchev–Trinajstić information content (AvgIpc) is 2.79. The van der Waals surface area contributed by atoms with E-state index >= 15 is 0 Å². The largest absolute Gasteiger partial charge is 0.383 e. The maximum atomic E-state index is 11.4. The Hall–Kier alpha value is -1.47. The van der Waals surface area contributed by atoms with Gasteiger partial charge in [-0.3, -0.25) is 9.48 Å². The first-order chi connectivity index (χ1) is 8.63. The standard InChI is InChI=1S/C11H21N5O2/c1-15(2)11(17)4-6-16-9-10(13-14-16)8-12-5-7-18-3/h9,12H,4-8H2,1-3H3. The first kappa shape index (κ1) is 14.6. The molecule has 1 aromatic rings. The van der Waals surface area contributed by atoms with Gasteiger partial charge in [-0.15, -0.1) is 5.10 Å². The van der Waals surface area contributed by atoms with Crippen LogP contribution in [0.15, 0.2) is 6.20 Å². The molecule has 0 aliphatic rings. The zero-order chi connectivity index (χ0) is 13.4. The van der Waals surface area contributed by atoms with E-state index in [0.29, 0.717) is 26.1 Å². The summed E-state index contributed by atoms with van der Waals surface area (Å²) < 4.78 is 6.62. The number of aromatic nitrogens is 3. The Morgan fingerprint density at radius 1 is 1.56 bits per heavy atom. The number of aryl methyl sites for hydroxylation is 1. The molecule has 1 heterocycles. The molecule has 0 fully saturated rings. The summed E-state index contributed by atoms with van der Waals surface area (Å²) in [6.07, 6.45) is 2.29. The number of amides is 1. The van der Waals surface area contributed by atoms with Crippen LogP contribution in [0.1, 0.15) is 12.1 Å². The van der Waals surface area contributed by atoms with Gasteiger partial charge in [-0.1, -0.05) is 5.21 Å². The van der Waals surface area contributed by atoms with Crippen molar-refractivity contribution in [2.24, 2.45) is 0 Å². The number of hydrogen-bond acceptors (Lipinski definition) is 5. The molecule has 0 unspecified atom stereocenters. The molecule has 0 saturated carbocycles. The molecule has 1 amide bonds. The van der Waals surface area contributed by atoms with Crippen LogP contribution in [0.4, 0.5) is 0 Å². The topological polar surface area (TPSA) is 72.3 Å². The summed E-state index contributed by atoms with van der Waals surface area (Å²) in [7, 11) is 5.16. The Bertz CT molecular complexity index is 364. The number of nitrogens with one attached hydrogen (secondary N) is 1. The van der Waals surface area contributed by atoms with E-state index in [1.54, 1.807) is 30.8 Å². The lowest BCUT2D eigenvalue weighted by atomic mass is 10.4. The fourth-order valence-electron chi connectivity index (χ4n) is 1.35. The minimum Gasteiger partial charge on any atom is -0.383 e. The van der Waals surface area contributed by atoms with Crippen molar-refractivity contribution in [1.29, 1.82) is 0 Å². The van der Waals surface area contributed by atoms with Gasteiger partial charge >= 0.3 is 0 Å². The van der Waals surface area contributed by atoms with Crippen LogP contribution >= 0.6 is 0 Å². The zero-order valence-corrected chi connectivity index (χ0v) is 11.2. The lowest BCUT2D eigenvalue weighted by Crippen LogP contribution is -2.23. The minimum absolute atomic E-state index is 0.0882. The highest BCUT2D eigenvalue weighted by Gasteiger charge is 2.05. The van der Waals surface area contributed by atoms with Gasteiger partial charge in [0.05, 0.1) is 18.8 Å². The Labute approximate surface area is 107 Å². The number of rotatable bonds is 8. The molecule has 7 heteroatoms. The molecule has 0 atom stereocenters. The van der Waals surface area contributed by atoms with Crippen LogP contribution in [-0.2, 0) is 22.6 Å². The van der Waals surface area contributed by atoms with Crippen molar-refractivity contribution < 1.29 is 9.53 Å². The fraction of sp³-hybridized carbons (Fsp3) is 0.727. The van der Waals surface area contributed by atoms with Gasteiger partial charge in [0.2, 0.25) is 5.91 Å². The molecule has 102 valence electrons. The van der Waals surface area contributed by atoms with Gasteiger partial charge < -0.3 is 15.0 Å². The second-order valence-electron chi connectivity index (χ2n) is 4.18. The molecule has 0 aromatic carbocycles. The molecule has 0 bridgehead atoms. The quantitative estimate of drug-likeness (QED) is 0.634. The Morgan fingerprint density at radius 2 is 2.33 bits per heavy atom. The Balaban J connectivity index is 2.28. The summed E-state index contributed by atoms with van der Waals surface area (Å²) in [6.45, 7) is 2.67. The number of carbonyl (C=O) groups excluding carboxylic acids is 1. The van der Waals surface area contributed by atoms with Crippen LogP contribution in [-0.4, -0.2) is 60.2 Å². The van der Waals surface area contributed by atoms with Crippen LogP contribution in [0.25, 0.3) is 0 Å². The van der Waals surface area contributed by atoms with Crippen LogP contribution in [0.5, 0.6) is 0 Å². The predicted octanol–water partition coefficient (Wildman–Crippen LogP) is -0.508. The van der Waals surface area contributed by atoms with E-state index in [0.717, 1.165) is 12.2 Å². The van der Waals surface area contributed by atoms with Crippen molar-refractivity contribution in [2.45, 2.75) is 19.5 Å². The van der Waals surface area contributed by atoms with Crippen molar-refractivity contribution in [3.05, 3.63) is 11.9 Å². The third-order valence-corrected chi connectivity index (χ3v) is 2.43. The molecule has 1 rings (SSSR count). The Morgan fingerprint density at radius 3 is 3.00 bits per heavy atom. The zero-order valence-electron chi connectivity index (χ0n) is 11.2. The van der Waals surface area contributed by atoms with Crippen molar-refractivity contribution in [3.63, 3.8) is 0 Å². The monoisotopic (exact) mass is 255 g/mol. The highest BCUT2D eigenvalue weighted by atomic mass is 16.5. The lowest BCUT2D eigenvalue weighted by molar-refractivity contribution is -0.128. The van der Waals surface area contributed by atoms with Gasteiger partial charge in [-0.2, -0.15) is 0 Å². The van der Waals surface area contributed by atoms with Crippen molar-refractivity contribution in [2.75, 3.05) is 34.4 Å². The molecule has 7 nitrogen and oxygen atoms in total. The SMILES string of the molecule is COCCNCc1cn(CCC(=O)N(C)C)nn1. The van der Waals surface area contributed by atoms with Gasteiger partial charge in [-0.25, -0.2) is 0 Å². The van der Waals surface area contributed by atoms with Crippen molar-refractivity contribution in [1.82, 2.24) is 25.2 Å². The van der Waals surface area contributed by atoms with Gasteiger partial charge in [-0.05, 0) is 0 Å². The van der Waals surface area contributed by atoms with Gasteiger partial charge in [0, 0.05) is 46.9 Å². The summed E-state index contributed by atoms with van der Waals surface area (Å²) in [5.74, 6) is 0.0882. The normalized spacial score (nSPS) is 10.6. The van der Waals surface area contributed by atoms with E-state index in [1.807, 2.05) is 6.20 Å². The third-order valence-electron chi connectivity index (χ3n) is 2.43. The van der Waals surface area contributed by atoms with E-state index in [2.05, 4.69) is 15.6 Å². The maximum Gasteiger partial charge on any atom is 0.223 e. The summed E-state index contributed by atoms with van der Waals surface area (Å²) in [4.78, 5) is 13.0. The van der Waals surface area contributed by atoms with E-state index in [-0.39, 0.29) is 5.91 Å². The number of ether oxygens (including phenoxy) is 1. The average molecular weight is 255 g/mol. The molecule has 18 heavy (non-hydrogen) atoms. The molecular weight excluding hydrogens is 234 g/mol. The minimum atomic E-state index is 0.0882. The summed E-state index contributed by atoms with van der Waals surface area (Å²) in [6, 6.07) is 0. The molecule has 0 radical (unpaired) electrons. The van der Waals surface area contributed by atoms with Crippen LogP contribution < -0.4 is 5.32 Å². The number of methoxy groups -OCH3 is 1. The molecule has 1 N–H and O–H groups in total. The highest BCUT2D eigenvalue weighted by molar-refractivity contribution is 5.75. The molecule has 0 aliphatic heterocycles. The second kappa shape index (κ2) is 7.78. The summed E-state index contributed by atoms with van der Waals surface area (Å²) >= 11 is 0. The van der Waals surface area contributed by atoms with Gasteiger partial charge in [0.15, 0.2) is 0 Å². The Kier molecular flexibility index (Phi) is 6.31. The predicted molar refractivity (Wildman–Crippen MR) is 66.9 cm³/mol. The lowest BCUT2D eigenvalue weighted by Gasteiger charge is -2.09. The molecule has 1 aromatic heterocycles. The number of nitrogens with zero attached hydrogens (tertiary/aromatic N) is 4. The molecule has 0 spiro atoms. The highest BCUT2D eigenvalue weighted by Crippen LogP contribution is 1.96. The summed E-state index contributed by atoms with van der Waals surface area (Å²) in [5.41, 5.74) is 0.864. The molecule has 0 saturated heterocycles. The number of hydrogen-bond donors (Lipinski definition) is 1.